The van der Waals surface area contributed by atoms with Crippen LogP contribution in [0.25, 0.3) is 0 Å². The Morgan fingerprint density at radius 3 is 2.20 bits per heavy atom. The van der Waals surface area contributed by atoms with Gasteiger partial charge in [-0.2, -0.15) is 4.55 Å². The van der Waals surface area contributed by atoms with Gasteiger partial charge < -0.3 is 35.6 Å². The van der Waals surface area contributed by atoms with E-state index >= 15 is 0 Å². The normalized spacial score (nSPS) is 17.5. The Morgan fingerprint density at radius 2 is 1.66 bits per heavy atom. The van der Waals surface area contributed by atoms with Gasteiger partial charge in [-0.3, -0.25) is 14.4 Å². The molecule has 5 amide bonds. The molecule has 1 aliphatic heterocycles. The van der Waals surface area contributed by atoms with Gasteiger partial charge in [0.05, 0.1) is 26.8 Å². The second-order valence-corrected chi connectivity index (χ2v) is 16.2. The van der Waals surface area contributed by atoms with Crippen LogP contribution in [0.2, 0.25) is 0 Å². The maximum absolute atomic E-state index is 14.0. The summed E-state index contributed by atoms with van der Waals surface area (Å²) in [7, 11) is 4.76. The van der Waals surface area contributed by atoms with Gasteiger partial charge in [0.15, 0.2) is 17.8 Å². The first-order valence-electron chi connectivity index (χ1n) is 16.7. The van der Waals surface area contributed by atoms with Gasteiger partial charge in [0.2, 0.25) is 35.5 Å². The Morgan fingerprint density at radius 1 is 1.02 bits per heavy atom. The number of ether oxygens (including phenoxy) is 2. The molecule has 1 saturated heterocycles. The van der Waals surface area contributed by atoms with Gasteiger partial charge >= 0.3 is 6.03 Å². The molecule has 5 N–H and O–H groups in total. The molecule has 1 fully saturated rings. The molecule has 1 heterocycles. The van der Waals surface area contributed by atoms with Crippen molar-refractivity contribution in [2.75, 3.05) is 47.2 Å². The number of likely N-dealkylation sites (tertiary alicyclic amines) is 1. The van der Waals surface area contributed by atoms with Crippen LogP contribution in [-0.2, 0) is 32.2 Å². The molecule has 13 nitrogen and oxygen atoms in total. The lowest BCUT2D eigenvalue weighted by molar-refractivity contribution is -0.142. The third-order valence-corrected chi connectivity index (χ3v) is 9.73. The lowest BCUT2D eigenvalue weighted by Gasteiger charge is -2.37. The van der Waals surface area contributed by atoms with Crippen molar-refractivity contribution in [2.45, 2.75) is 97.8 Å². The second kappa shape index (κ2) is 18.7. The fourth-order valence-corrected chi connectivity index (χ4v) is 5.88. The van der Waals surface area contributed by atoms with E-state index < -0.39 is 71.5 Å². The average Bonchev–Trinajstić information content (AvgIpc) is 3.51. The number of benzene rings is 1. The maximum atomic E-state index is 14.0. The summed E-state index contributed by atoms with van der Waals surface area (Å²) in [6.07, 6.45) is -1.01. The molecule has 50 heavy (non-hydrogen) atoms. The zero-order valence-corrected chi connectivity index (χ0v) is 31.8. The Bertz CT molecular complexity index is 1310. The summed E-state index contributed by atoms with van der Waals surface area (Å²) in [5.74, 6) is -0.933. The van der Waals surface area contributed by atoms with E-state index in [1.165, 1.54) is 19.1 Å². The van der Waals surface area contributed by atoms with Gasteiger partial charge in [-0.25, -0.2) is 13.6 Å². The zero-order chi connectivity index (χ0) is 38.0. The highest BCUT2D eigenvalue weighted by molar-refractivity contribution is 7.88. The maximum Gasteiger partial charge on any atom is 0.315 e. The van der Waals surface area contributed by atoms with Crippen LogP contribution in [0.3, 0.4) is 0 Å². The Hall–Kier alpha value is -3.37. The summed E-state index contributed by atoms with van der Waals surface area (Å²) in [6.45, 7) is 11.9. The number of hydrogen-bond donors (Lipinski definition) is 5. The van der Waals surface area contributed by atoms with Crippen LogP contribution in [0.15, 0.2) is 18.2 Å². The summed E-state index contributed by atoms with van der Waals surface area (Å²) in [6, 6.07) is 0.721. The number of urea groups is 1. The van der Waals surface area contributed by atoms with Crippen LogP contribution in [0.5, 0.6) is 11.5 Å². The highest BCUT2D eigenvalue weighted by Crippen LogP contribution is 2.28. The largest absolute Gasteiger partial charge is 0.493 e. The van der Waals surface area contributed by atoms with E-state index in [0.29, 0.717) is 30.9 Å². The van der Waals surface area contributed by atoms with Crippen LogP contribution in [0, 0.1) is 10.8 Å². The summed E-state index contributed by atoms with van der Waals surface area (Å²) in [5, 5.41) is 10.8. The molecule has 0 spiro atoms. The smallest absolute Gasteiger partial charge is 0.315 e. The first-order chi connectivity index (χ1) is 23.2. The minimum absolute atomic E-state index is 0.116. The molecular weight excluding hydrogens is 674 g/mol. The molecule has 284 valence electrons. The van der Waals surface area contributed by atoms with Crippen molar-refractivity contribution >= 4 is 35.1 Å². The lowest BCUT2D eigenvalue weighted by Crippen LogP contribution is -2.62. The molecule has 1 unspecified atom stereocenters. The number of carbonyl (C=O) groups excluding carboxylic acids is 4. The van der Waals surface area contributed by atoms with Crippen LogP contribution in [0.4, 0.5) is 13.6 Å². The van der Waals surface area contributed by atoms with Crippen molar-refractivity contribution in [3.8, 4) is 11.5 Å². The van der Waals surface area contributed by atoms with Crippen molar-refractivity contribution in [1.29, 1.82) is 0 Å². The number of methoxy groups -OCH3 is 2. The number of amides is 5. The van der Waals surface area contributed by atoms with Crippen molar-refractivity contribution in [2.24, 2.45) is 10.8 Å². The number of carbonyl (C=O) groups is 4. The predicted molar refractivity (Wildman–Crippen MR) is 190 cm³/mol. The number of alkyl halides is 2. The molecule has 1 aromatic carbocycles. The summed E-state index contributed by atoms with van der Waals surface area (Å²) in [5.41, 5.74) is -0.331. The standard InChI is InChI=1S/C34H56F2N6O7S/c1-33(2,3)26(20-41(7)50(10)47)39-32(46)40-28(34(4,5)6)31(45)42-17-11-12-23(42)30(44)38-22(19-27(35)36)29(43)37-16-15-21-13-14-24(48-8)25(18-21)49-9/h13-14,18,22-23,26-28,47H,11-12,15-17,19-20H2,1-10H3,(H3-,37,38,39,40,43,44,46)/p+1/t22-,23-,26+,28+,50?/m0/s1. The molecule has 0 aromatic heterocycles. The Kier molecular flexibility index (Phi) is 16.0. The molecule has 0 saturated carbocycles. The molecule has 1 aromatic rings. The molecule has 0 aliphatic carbocycles. The topological polar surface area (TPSA) is 162 Å². The molecule has 1 aliphatic rings. The van der Waals surface area contributed by atoms with Gasteiger partial charge in [0.25, 0.3) is 0 Å². The van der Waals surface area contributed by atoms with Gasteiger partial charge in [-0.05, 0) is 47.8 Å². The van der Waals surface area contributed by atoms with Gasteiger partial charge in [-0.1, -0.05) is 51.9 Å². The van der Waals surface area contributed by atoms with Crippen molar-refractivity contribution in [3.05, 3.63) is 23.8 Å². The van der Waals surface area contributed by atoms with Crippen molar-refractivity contribution < 1.29 is 42.0 Å². The number of nitrogens with one attached hydrogen (secondary N) is 4. The third-order valence-electron chi connectivity index (χ3n) is 8.68. The first-order valence-corrected chi connectivity index (χ1v) is 18.2. The van der Waals surface area contributed by atoms with Gasteiger partial charge in [0, 0.05) is 26.6 Å². The van der Waals surface area contributed by atoms with Crippen LogP contribution < -0.4 is 30.7 Å². The predicted octanol–water partition coefficient (Wildman–Crippen LogP) is 3.19. The molecule has 16 heteroatoms. The molecule has 5 atom stereocenters. The van der Waals surface area contributed by atoms with Crippen LogP contribution in [0.1, 0.15) is 66.4 Å². The van der Waals surface area contributed by atoms with Crippen LogP contribution >= 0.6 is 0 Å². The summed E-state index contributed by atoms with van der Waals surface area (Å²) >= 11 is -1.01. The summed E-state index contributed by atoms with van der Waals surface area (Å²) < 4.78 is 49.4. The van der Waals surface area contributed by atoms with E-state index in [9.17, 15) is 32.5 Å². The number of halogens is 2. The van der Waals surface area contributed by atoms with E-state index in [1.807, 2.05) is 20.8 Å². The van der Waals surface area contributed by atoms with E-state index in [-0.39, 0.29) is 31.0 Å². The van der Waals surface area contributed by atoms with E-state index in [2.05, 4.69) is 21.3 Å². The second-order valence-electron chi connectivity index (χ2n) is 14.7. The third kappa shape index (κ3) is 12.7. The van der Waals surface area contributed by atoms with Crippen molar-refractivity contribution in [3.63, 3.8) is 0 Å². The lowest BCUT2D eigenvalue weighted by atomic mass is 9.85. The van der Waals surface area contributed by atoms with Crippen molar-refractivity contribution in [1.82, 2.24) is 30.5 Å². The number of nitrogens with zero attached hydrogens (tertiary/aromatic N) is 2. The highest BCUT2D eigenvalue weighted by atomic mass is 32.2. The minimum Gasteiger partial charge on any atom is -0.493 e. The number of rotatable bonds is 16. The monoisotopic (exact) mass is 731 g/mol. The first kappa shape index (κ1) is 42.8. The molecule has 0 bridgehead atoms. The highest BCUT2D eigenvalue weighted by Gasteiger charge is 2.43. The Balaban J connectivity index is 2.14. The van der Waals surface area contributed by atoms with Crippen LogP contribution in [-0.4, -0.2) is 115 Å². The number of likely N-dealkylation sites (N-methyl/N-ethyl adjacent to an activating group) is 1. The molecule has 0 radical (unpaired) electrons. The fourth-order valence-electron chi connectivity index (χ4n) is 5.52. The zero-order valence-electron chi connectivity index (χ0n) is 31.0. The fraction of sp³-hybridized carbons (Fsp3) is 0.706. The minimum atomic E-state index is -2.87. The quantitative estimate of drug-likeness (QED) is 0.162. The summed E-state index contributed by atoms with van der Waals surface area (Å²) in [4.78, 5) is 55.2. The molecule has 2 rings (SSSR count). The van der Waals surface area contributed by atoms with Gasteiger partial charge in [-0.15, -0.1) is 0 Å². The van der Waals surface area contributed by atoms with Gasteiger partial charge in [0.1, 0.15) is 18.1 Å². The Labute approximate surface area is 298 Å². The SMILES string of the molecule is COc1ccc(CCNC(=O)[C@H](CC(F)F)NC(=O)[C@@H]2CCCN2C(=O)[C@@H](NC(=O)N[C@H](CN(C)[S+](C)O)C(C)(C)C)C(C)(C)C)cc1OC. The average molecular weight is 732 g/mol. The van der Waals surface area contributed by atoms with E-state index in [0.717, 1.165) is 5.56 Å². The van der Waals surface area contributed by atoms with E-state index in [4.69, 9.17) is 9.47 Å². The molecular formula is C34H57F2N6O7S+. The number of hydrogen-bond acceptors (Lipinski definition) is 8. The van der Waals surface area contributed by atoms with E-state index in [1.54, 1.807) is 56.6 Å².